The summed E-state index contributed by atoms with van der Waals surface area (Å²) >= 11 is 13.1. The quantitative estimate of drug-likeness (QED) is 0.634. The van der Waals surface area contributed by atoms with E-state index in [1.807, 2.05) is 11.6 Å². The molecule has 0 aliphatic rings. The molecule has 2 amide bonds. The van der Waals surface area contributed by atoms with E-state index >= 15 is 0 Å². The highest BCUT2D eigenvalue weighted by Crippen LogP contribution is 2.35. The molecular weight excluding hydrogens is 417 g/mol. The monoisotopic (exact) mass is 433 g/mol. The lowest BCUT2D eigenvalue weighted by Crippen LogP contribution is -2.39. The number of carbonyl (C=O) groups is 1. The molecule has 0 atom stereocenters. The molecule has 0 bridgehead atoms. The number of benzene rings is 1. The zero-order valence-electron chi connectivity index (χ0n) is 13.8. The highest BCUT2D eigenvalue weighted by molar-refractivity contribution is 8.00. The molecule has 6 nitrogen and oxygen atoms in total. The fourth-order valence-corrected chi connectivity index (χ4v) is 4.54. The maximum Gasteiger partial charge on any atom is 0.328 e. The van der Waals surface area contributed by atoms with Crippen molar-refractivity contribution >= 4 is 51.0 Å². The van der Waals surface area contributed by atoms with E-state index in [1.54, 1.807) is 24.3 Å². The van der Waals surface area contributed by atoms with E-state index in [1.165, 1.54) is 24.2 Å². The molecule has 1 aromatic heterocycles. The molecule has 0 saturated heterocycles. The van der Waals surface area contributed by atoms with Crippen molar-refractivity contribution in [1.29, 1.82) is 0 Å². The molecule has 0 aliphatic heterocycles. The van der Waals surface area contributed by atoms with Crippen molar-refractivity contribution < 1.29 is 13.2 Å². The summed E-state index contributed by atoms with van der Waals surface area (Å²) < 4.78 is 27.1. The Labute approximate surface area is 166 Å². The van der Waals surface area contributed by atoms with Crippen LogP contribution in [0, 0.1) is 0 Å². The normalized spacial score (nSPS) is 11.2. The predicted molar refractivity (Wildman–Crippen MR) is 103 cm³/mol. The second-order valence-electron chi connectivity index (χ2n) is 5.22. The van der Waals surface area contributed by atoms with Crippen LogP contribution in [0.5, 0.6) is 0 Å². The van der Waals surface area contributed by atoms with Gasteiger partial charge in [0.25, 0.3) is 10.0 Å². The zero-order chi connectivity index (χ0) is 19.2. The molecule has 0 fully saturated rings. The number of carbonyl (C=O) groups excluding carboxylic acids is 1. The van der Waals surface area contributed by atoms with Gasteiger partial charge in [-0.15, -0.1) is 0 Å². The van der Waals surface area contributed by atoms with Crippen molar-refractivity contribution in [3.8, 4) is 0 Å². The van der Waals surface area contributed by atoms with Gasteiger partial charge in [0, 0.05) is 28.7 Å². The van der Waals surface area contributed by atoms with Crippen LogP contribution in [0.3, 0.4) is 0 Å². The first kappa shape index (κ1) is 20.8. The molecule has 10 heteroatoms. The first-order valence-electron chi connectivity index (χ1n) is 7.71. The highest BCUT2D eigenvalue weighted by atomic mass is 35.5. The number of halogens is 2. The van der Waals surface area contributed by atoms with Crippen LogP contribution >= 0.6 is 35.0 Å². The lowest BCUT2D eigenvalue weighted by atomic mass is 10.3. The Hall–Kier alpha value is -1.48. The first-order valence-corrected chi connectivity index (χ1v) is 10.8. The number of hydrogen-bond acceptors (Lipinski definition) is 5. The molecule has 0 spiro atoms. The summed E-state index contributed by atoms with van der Waals surface area (Å²) in [4.78, 5) is 16.7. The van der Waals surface area contributed by atoms with Gasteiger partial charge in [-0.05, 0) is 30.7 Å². The maximum absolute atomic E-state index is 12.5. The van der Waals surface area contributed by atoms with Gasteiger partial charge in [0.05, 0.1) is 10.0 Å². The predicted octanol–water partition coefficient (Wildman–Crippen LogP) is 4.33. The third kappa shape index (κ3) is 5.77. The molecular formula is C16H17Cl2N3O3S2. The zero-order valence-corrected chi connectivity index (χ0v) is 17.0. The average Bonchev–Trinajstić information content (AvgIpc) is 2.58. The van der Waals surface area contributed by atoms with E-state index in [2.05, 4.69) is 10.3 Å². The molecule has 1 aromatic carbocycles. The maximum atomic E-state index is 12.5. The molecule has 1 heterocycles. The minimum Gasteiger partial charge on any atom is -0.337 e. The summed E-state index contributed by atoms with van der Waals surface area (Å²) in [5, 5.41) is 3.27. The molecule has 0 radical (unpaired) electrons. The largest absolute Gasteiger partial charge is 0.337 e. The fraction of sp³-hybridized carbons (Fsp3) is 0.250. The van der Waals surface area contributed by atoms with E-state index in [0.29, 0.717) is 26.4 Å². The highest BCUT2D eigenvalue weighted by Gasteiger charge is 2.22. The topological polar surface area (TPSA) is 88.2 Å². The van der Waals surface area contributed by atoms with Gasteiger partial charge < -0.3 is 5.32 Å². The van der Waals surface area contributed by atoms with Gasteiger partial charge in [-0.3, -0.25) is 4.98 Å². The van der Waals surface area contributed by atoms with Crippen LogP contribution in [0.4, 0.5) is 4.79 Å². The minimum atomic E-state index is -4.07. The lowest BCUT2D eigenvalue weighted by Gasteiger charge is -2.11. The molecule has 0 saturated carbocycles. The summed E-state index contributed by atoms with van der Waals surface area (Å²) in [6.45, 7) is 2.37. The minimum absolute atomic E-state index is 0.0956. The third-order valence-electron chi connectivity index (χ3n) is 3.20. The van der Waals surface area contributed by atoms with Crippen LogP contribution in [0.2, 0.25) is 10.0 Å². The Balaban J connectivity index is 2.21. The SMILES string of the molecule is CCCCNC(=O)NS(=O)(=O)c1cnccc1Sc1ccc(Cl)c(Cl)c1. The number of aromatic nitrogens is 1. The van der Waals surface area contributed by atoms with Crippen LogP contribution in [-0.4, -0.2) is 26.0 Å². The van der Waals surface area contributed by atoms with Crippen molar-refractivity contribution in [2.75, 3.05) is 6.54 Å². The standard InChI is InChI=1S/C16H17Cl2N3O3S2/c1-2-3-7-20-16(22)21-26(23,24)15-10-19-8-6-14(15)25-11-4-5-12(17)13(18)9-11/h4-6,8-10H,2-3,7H2,1H3,(H2,20,21,22). The molecule has 2 rings (SSSR count). The molecule has 0 unspecified atom stereocenters. The Morgan fingerprint density at radius 3 is 2.69 bits per heavy atom. The van der Waals surface area contributed by atoms with E-state index in [4.69, 9.17) is 23.2 Å². The number of nitrogens with one attached hydrogen (secondary N) is 2. The summed E-state index contributed by atoms with van der Waals surface area (Å²) in [5.41, 5.74) is 0. The average molecular weight is 434 g/mol. The van der Waals surface area contributed by atoms with E-state index in [-0.39, 0.29) is 4.90 Å². The molecule has 140 valence electrons. The number of hydrogen-bond donors (Lipinski definition) is 2. The van der Waals surface area contributed by atoms with Gasteiger partial charge in [-0.25, -0.2) is 17.9 Å². The Bertz CT molecular complexity index is 892. The van der Waals surface area contributed by atoms with Gasteiger partial charge in [-0.2, -0.15) is 0 Å². The number of nitrogens with zero attached hydrogens (tertiary/aromatic N) is 1. The molecule has 2 N–H and O–H groups in total. The van der Waals surface area contributed by atoms with Crippen LogP contribution in [-0.2, 0) is 10.0 Å². The van der Waals surface area contributed by atoms with Crippen LogP contribution in [0.25, 0.3) is 0 Å². The second kappa shape index (κ2) is 9.45. The Morgan fingerprint density at radius 2 is 2.00 bits per heavy atom. The molecule has 2 aromatic rings. The Morgan fingerprint density at radius 1 is 1.23 bits per heavy atom. The number of urea groups is 1. The van der Waals surface area contributed by atoms with Crippen LogP contribution < -0.4 is 10.0 Å². The molecule has 26 heavy (non-hydrogen) atoms. The second-order valence-corrected chi connectivity index (χ2v) is 8.80. The summed E-state index contributed by atoms with van der Waals surface area (Å²) in [6, 6.07) is 5.77. The van der Waals surface area contributed by atoms with E-state index in [0.717, 1.165) is 12.8 Å². The number of sulfonamides is 1. The smallest absolute Gasteiger partial charge is 0.328 e. The van der Waals surface area contributed by atoms with Crippen molar-refractivity contribution in [2.24, 2.45) is 0 Å². The number of unbranched alkanes of at least 4 members (excludes halogenated alkanes) is 1. The summed E-state index contributed by atoms with van der Waals surface area (Å²) in [6.07, 6.45) is 4.32. The molecule has 0 aliphatic carbocycles. The van der Waals surface area contributed by atoms with E-state index < -0.39 is 16.1 Å². The van der Waals surface area contributed by atoms with Crippen molar-refractivity contribution in [3.63, 3.8) is 0 Å². The van der Waals surface area contributed by atoms with Gasteiger partial charge in [-0.1, -0.05) is 48.3 Å². The third-order valence-corrected chi connectivity index (χ3v) is 6.49. The number of rotatable bonds is 7. The lowest BCUT2D eigenvalue weighted by molar-refractivity contribution is 0.245. The van der Waals surface area contributed by atoms with Crippen molar-refractivity contribution in [1.82, 2.24) is 15.0 Å². The van der Waals surface area contributed by atoms with Crippen LogP contribution in [0.15, 0.2) is 51.3 Å². The van der Waals surface area contributed by atoms with Gasteiger partial charge in [0.15, 0.2) is 0 Å². The summed E-state index contributed by atoms with van der Waals surface area (Å²) in [7, 11) is -4.07. The fourth-order valence-electron chi connectivity index (χ4n) is 1.91. The number of pyridine rings is 1. The first-order chi connectivity index (χ1) is 12.3. The summed E-state index contributed by atoms with van der Waals surface area (Å²) in [5.74, 6) is 0. The van der Waals surface area contributed by atoms with Gasteiger partial charge in [0.2, 0.25) is 0 Å². The van der Waals surface area contributed by atoms with Crippen molar-refractivity contribution in [2.45, 2.75) is 34.5 Å². The van der Waals surface area contributed by atoms with Gasteiger partial charge in [0.1, 0.15) is 4.90 Å². The van der Waals surface area contributed by atoms with Crippen molar-refractivity contribution in [3.05, 3.63) is 46.7 Å². The van der Waals surface area contributed by atoms with Crippen LogP contribution in [0.1, 0.15) is 19.8 Å². The number of amides is 2. The van der Waals surface area contributed by atoms with Gasteiger partial charge >= 0.3 is 6.03 Å². The Kier molecular flexibility index (Phi) is 7.57. The van der Waals surface area contributed by atoms with E-state index in [9.17, 15) is 13.2 Å².